The first-order valence-corrected chi connectivity index (χ1v) is 6.55. The summed E-state index contributed by atoms with van der Waals surface area (Å²) in [6.45, 7) is 1.92. The van der Waals surface area contributed by atoms with Crippen molar-refractivity contribution in [3.8, 4) is 0 Å². The summed E-state index contributed by atoms with van der Waals surface area (Å²) in [4.78, 5) is 8.68. The van der Waals surface area contributed by atoms with Gasteiger partial charge in [-0.25, -0.2) is 4.98 Å². The summed E-state index contributed by atoms with van der Waals surface area (Å²) in [5, 5.41) is 4.81. The lowest BCUT2D eigenvalue weighted by molar-refractivity contribution is 1.26. The molecule has 0 bridgehead atoms. The molecule has 3 N–H and O–H groups in total. The van der Waals surface area contributed by atoms with Gasteiger partial charge in [-0.05, 0) is 36.8 Å². The number of nitrogens with one attached hydrogen (secondary N) is 1. The van der Waals surface area contributed by atoms with Crippen LogP contribution in [-0.2, 0) is 0 Å². The van der Waals surface area contributed by atoms with E-state index in [1.807, 2.05) is 31.2 Å². The lowest BCUT2D eigenvalue weighted by Crippen LogP contribution is -1.98. The van der Waals surface area contributed by atoms with Gasteiger partial charge in [-0.2, -0.15) is 0 Å². The average Bonchev–Trinajstić information content (AvgIpc) is 2.46. The third-order valence-electron chi connectivity index (χ3n) is 3.12. The maximum Gasteiger partial charge on any atom is 0.132 e. The fourth-order valence-electron chi connectivity index (χ4n) is 1.98. The molecule has 0 unspecified atom stereocenters. The molecule has 0 saturated carbocycles. The Balaban J connectivity index is 2.06. The Kier molecular flexibility index (Phi) is 3.16. The summed E-state index contributed by atoms with van der Waals surface area (Å²) < 4.78 is 0. The van der Waals surface area contributed by atoms with Gasteiger partial charge in [0.25, 0.3) is 0 Å². The monoisotopic (exact) mass is 284 g/mol. The number of fused-ring (bicyclic) bond motifs is 1. The Morgan fingerprint density at radius 2 is 2.05 bits per heavy atom. The van der Waals surface area contributed by atoms with E-state index in [-0.39, 0.29) is 0 Å². The van der Waals surface area contributed by atoms with E-state index in [2.05, 4.69) is 15.3 Å². The Morgan fingerprint density at radius 3 is 2.85 bits per heavy atom. The molecular weight excluding hydrogens is 272 g/mol. The highest BCUT2D eigenvalue weighted by atomic mass is 35.5. The van der Waals surface area contributed by atoms with E-state index in [0.29, 0.717) is 16.5 Å². The van der Waals surface area contributed by atoms with E-state index in [9.17, 15) is 0 Å². The van der Waals surface area contributed by atoms with Gasteiger partial charge in [0.15, 0.2) is 0 Å². The zero-order valence-corrected chi connectivity index (χ0v) is 11.6. The topological polar surface area (TPSA) is 63.8 Å². The molecule has 2 aromatic heterocycles. The summed E-state index contributed by atoms with van der Waals surface area (Å²) in [6, 6.07) is 9.33. The van der Waals surface area contributed by atoms with Crippen LogP contribution in [0.2, 0.25) is 5.02 Å². The van der Waals surface area contributed by atoms with Crippen molar-refractivity contribution in [2.24, 2.45) is 0 Å². The van der Waals surface area contributed by atoms with Crippen LogP contribution in [0.1, 0.15) is 5.56 Å². The number of hydrogen-bond acceptors (Lipinski definition) is 4. The smallest absolute Gasteiger partial charge is 0.132 e. The molecule has 20 heavy (non-hydrogen) atoms. The molecule has 5 heteroatoms. The molecule has 0 fully saturated rings. The number of nitrogens with two attached hydrogens (primary N) is 1. The molecule has 3 aromatic rings. The van der Waals surface area contributed by atoms with Gasteiger partial charge < -0.3 is 11.1 Å². The first-order valence-electron chi connectivity index (χ1n) is 6.17. The predicted octanol–water partition coefficient (Wildman–Crippen LogP) is 3.92. The largest absolute Gasteiger partial charge is 0.398 e. The zero-order valence-electron chi connectivity index (χ0n) is 10.9. The Labute approximate surface area is 121 Å². The van der Waals surface area contributed by atoms with Gasteiger partial charge in [-0.3, -0.25) is 4.98 Å². The molecule has 0 atom stereocenters. The number of rotatable bonds is 2. The number of aryl methyl sites for hydroxylation is 1. The lowest BCUT2D eigenvalue weighted by Gasteiger charge is -2.10. The SMILES string of the molecule is Cc1cnc(Nc2ccc(Cl)c3cccnc23)cc1N. The summed E-state index contributed by atoms with van der Waals surface area (Å²) in [5.41, 5.74) is 9.20. The first kappa shape index (κ1) is 12.7. The Hall–Kier alpha value is -2.33. The van der Waals surface area contributed by atoms with Crippen molar-refractivity contribution < 1.29 is 0 Å². The van der Waals surface area contributed by atoms with Gasteiger partial charge in [0, 0.05) is 29.5 Å². The minimum atomic E-state index is 0.676. The Morgan fingerprint density at radius 1 is 1.20 bits per heavy atom. The highest BCUT2D eigenvalue weighted by molar-refractivity contribution is 6.35. The molecular formula is C15H13ClN4. The number of hydrogen-bond donors (Lipinski definition) is 2. The van der Waals surface area contributed by atoms with Gasteiger partial charge in [0.2, 0.25) is 0 Å². The molecule has 100 valence electrons. The number of benzene rings is 1. The quantitative estimate of drug-likeness (QED) is 0.749. The Bertz CT molecular complexity index is 786. The number of nitrogen functional groups attached to an aromatic ring is 1. The van der Waals surface area contributed by atoms with E-state index >= 15 is 0 Å². The molecule has 0 radical (unpaired) electrons. The van der Waals surface area contributed by atoms with Crippen LogP contribution in [0.25, 0.3) is 10.9 Å². The number of pyridine rings is 2. The predicted molar refractivity (Wildman–Crippen MR) is 83.4 cm³/mol. The maximum absolute atomic E-state index is 6.17. The van der Waals surface area contributed by atoms with Crippen molar-refractivity contribution in [3.63, 3.8) is 0 Å². The normalized spacial score (nSPS) is 10.7. The summed E-state index contributed by atoms with van der Waals surface area (Å²) in [5.74, 6) is 0.683. The first-order chi connectivity index (χ1) is 9.65. The van der Waals surface area contributed by atoms with Crippen LogP contribution in [-0.4, -0.2) is 9.97 Å². The molecule has 0 saturated heterocycles. The van der Waals surface area contributed by atoms with Crippen LogP contribution in [0.4, 0.5) is 17.2 Å². The highest BCUT2D eigenvalue weighted by Crippen LogP contribution is 2.30. The number of aromatic nitrogens is 2. The van der Waals surface area contributed by atoms with Crippen molar-refractivity contribution in [1.29, 1.82) is 0 Å². The van der Waals surface area contributed by atoms with E-state index in [0.717, 1.165) is 22.2 Å². The second kappa shape index (κ2) is 4.98. The molecule has 3 rings (SSSR count). The van der Waals surface area contributed by atoms with Gasteiger partial charge in [0.1, 0.15) is 5.82 Å². The van der Waals surface area contributed by atoms with Crippen molar-refractivity contribution in [2.45, 2.75) is 6.92 Å². The van der Waals surface area contributed by atoms with Crippen molar-refractivity contribution >= 4 is 39.7 Å². The maximum atomic E-state index is 6.17. The van der Waals surface area contributed by atoms with E-state index in [4.69, 9.17) is 17.3 Å². The second-order valence-corrected chi connectivity index (χ2v) is 4.95. The molecule has 0 aliphatic carbocycles. The number of nitrogens with zero attached hydrogens (tertiary/aromatic N) is 2. The minimum absolute atomic E-state index is 0.676. The molecule has 0 spiro atoms. The highest BCUT2D eigenvalue weighted by Gasteiger charge is 2.07. The molecule has 0 aliphatic rings. The van der Waals surface area contributed by atoms with Gasteiger partial charge in [-0.15, -0.1) is 0 Å². The van der Waals surface area contributed by atoms with E-state index in [1.54, 1.807) is 18.5 Å². The summed E-state index contributed by atoms with van der Waals surface area (Å²) in [6.07, 6.45) is 3.48. The van der Waals surface area contributed by atoms with Gasteiger partial charge in [0.05, 0.1) is 16.2 Å². The van der Waals surface area contributed by atoms with E-state index < -0.39 is 0 Å². The van der Waals surface area contributed by atoms with Crippen molar-refractivity contribution in [3.05, 3.63) is 53.3 Å². The standard InChI is InChI=1S/C15H13ClN4/c1-9-8-19-14(7-12(9)17)20-13-5-4-11(16)10-3-2-6-18-15(10)13/h2-8H,1H3,(H3,17,19,20). The molecule has 2 heterocycles. The number of anilines is 3. The summed E-state index contributed by atoms with van der Waals surface area (Å²) in [7, 11) is 0. The third-order valence-corrected chi connectivity index (χ3v) is 3.45. The fraction of sp³-hybridized carbons (Fsp3) is 0.0667. The average molecular weight is 285 g/mol. The van der Waals surface area contributed by atoms with Crippen LogP contribution in [0, 0.1) is 6.92 Å². The lowest BCUT2D eigenvalue weighted by atomic mass is 10.2. The van der Waals surface area contributed by atoms with Crippen LogP contribution in [0.3, 0.4) is 0 Å². The van der Waals surface area contributed by atoms with Crippen molar-refractivity contribution in [2.75, 3.05) is 11.1 Å². The van der Waals surface area contributed by atoms with Crippen LogP contribution in [0.15, 0.2) is 42.7 Å². The summed E-state index contributed by atoms with van der Waals surface area (Å²) >= 11 is 6.17. The number of halogens is 1. The second-order valence-electron chi connectivity index (χ2n) is 4.55. The van der Waals surface area contributed by atoms with Gasteiger partial charge in [-0.1, -0.05) is 11.6 Å². The van der Waals surface area contributed by atoms with Crippen molar-refractivity contribution in [1.82, 2.24) is 9.97 Å². The zero-order chi connectivity index (χ0) is 14.1. The fourth-order valence-corrected chi connectivity index (χ4v) is 2.20. The third kappa shape index (κ3) is 2.26. The van der Waals surface area contributed by atoms with Gasteiger partial charge >= 0.3 is 0 Å². The molecule has 0 amide bonds. The van der Waals surface area contributed by atoms with E-state index in [1.165, 1.54) is 0 Å². The van der Waals surface area contributed by atoms with Crippen LogP contribution in [0.5, 0.6) is 0 Å². The van der Waals surface area contributed by atoms with Crippen LogP contribution < -0.4 is 11.1 Å². The van der Waals surface area contributed by atoms with Crippen LogP contribution >= 0.6 is 11.6 Å². The molecule has 4 nitrogen and oxygen atoms in total. The molecule has 0 aliphatic heterocycles. The minimum Gasteiger partial charge on any atom is -0.398 e. The molecule has 1 aromatic carbocycles.